The number of halogens is 2. The van der Waals surface area contributed by atoms with Gasteiger partial charge in [0.25, 0.3) is 0 Å². The molecule has 1 atom stereocenters. The Morgan fingerprint density at radius 2 is 2.13 bits per heavy atom. The minimum Gasteiger partial charge on any atom is -0.435 e. The Kier molecular flexibility index (Phi) is 6.29. The van der Waals surface area contributed by atoms with E-state index in [4.69, 9.17) is 0 Å². The third-order valence-electron chi connectivity index (χ3n) is 4.04. The molecule has 2 rings (SSSR count). The fourth-order valence-electron chi connectivity index (χ4n) is 2.74. The van der Waals surface area contributed by atoms with Crippen LogP contribution in [0.15, 0.2) is 24.3 Å². The monoisotopic (exact) mass is 328 g/mol. The van der Waals surface area contributed by atoms with Gasteiger partial charge in [0.15, 0.2) is 0 Å². The average molecular weight is 328 g/mol. The Labute approximate surface area is 134 Å². The van der Waals surface area contributed by atoms with Crippen molar-refractivity contribution in [2.45, 2.75) is 32.0 Å². The van der Waals surface area contributed by atoms with Gasteiger partial charge in [-0.3, -0.25) is 9.69 Å². The van der Waals surface area contributed by atoms with Crippen LogP contribution in [0.4, 0.5) is 8.78 Å². The largest absolute Gasteiger partial charge is 0.435 e. The van der Waals surface area contributed by atoms with Crippen LogP contribution in [0.1, 0.15) is 18.4 Å². The molecule has 0 saturated carbocycles. The number of nitrogens with zero attached hydrogens (tertiary/aromatic N) is 2. The summed E-state index contributed by atoms with van der Waals surface area (Å²) >= 11 is 0. The molecule has 7 heteroatoms. The van der Waals surface area contributed by atoms with Gasteiger partial charge in [0.05, 0.1) is 13.2 Å². The summed E-state index contributed by atoms with van der Waals surface area (Å²) < 4.78 is 28.5. The molecule has 5 nitrogen and oxygen atoms in total. The molecule has 1 fully saturated rings. The van der Waals surface area contributed by atoms with Crippen molar-refractivity contribution in [3.63, 3.8) is 0 Å². The van der Waals surface area contributed by atoms with E-state index in [0.717, 1.165) is 24.9 Å². The minimum atomic E-state index is -2.84. The first-order chi connectivity index (χ1) is 11.0. The fourth-order valence-corrected chi connectivity index (χ4v) is 2.74. The van der Waals surface area contributed by atoms with E-state index in [2.05, 4.69) is 4.74 Å². The lowest BCUT2D eigenvalue weighted by Crippen LogP contribution is -2.41. The SMILES string of the molecule is CN(Cc1ccc(OC(F)F)cc1)C(=O)CN1CCCC1CO. The van der Waals surface area contributed by atoms with Crippen molar-refractivity contribution in [1.82, 2.24) is 9.80 Å². The Bertz CT molecular complexity index is 511. The first-order valence-corrected chi connectivity index (χ1v) is 7.62. The molecule has 0 aromatic heterocycles. The summed E-state index contributed by atoms with van der Waals surface area (Å²) in [4.78, 5) is 15.8. The van der Waals surface area contributed by atoms with Gasteiger partial charge in [0, 0.05) is 19.6 Å². The van der Waals surface area contributed by atoms with Gasteiger partial charge in [-0.2, -0.15) is 8.78 Å². The number of benzene rings is 1. The van der Waals surface area contributed by atoms with Crippen molar-refractivity contribution in [2.24, 2.45) is 0 Å². The van der Waals surface area contributed by atoms with Gasteiger partial charge < -0.3 is 14.7 Å². The van der Waals surface area contributed by atoms with E-state index < -0.39 is 6.61 Å². The third kappa shape index (κ3) is 5.14. The van der Waals surface area contributed by atoms with Crippen LogP contribution in [0.25, 0.3) is 0 Å². The van der Waals surface area contributed by atoms with E-state index in [1.54, 1.807) is 24.1 Å². The third-order valence-corrected chi connectivity index (χ3v) is 4.04. The van der Waals surface area contributed by atoms with Crippen molar-refractivity contribution < 1.29 is 23.4 Å². The summed E-state index contributed by atoms with van der Waals surface area (Å²) in [5.41, 5.74) is 0.836. The summed E-state index contributed by atoms with van der Waals surface area (Å²) in [6.45, 7) is -1.27. The fraction of sp³-hybridized carbons (Fsp3) is 0.562. The zero-order valence-electron chi connectivity index (χ0n) is 13.1. The minimum absolute atomic E-state index is 0.0294. The number of aliphatic hydroxyl groups excluding tert-OH is 1. The number of alkyl halides is 2. The van der Waals surface area contributed by atoms with Crippen LogP contribution in [-0.2, 0) is 11.3 Å². The summed E-state index contributed by atoms with van der Waals surface area (Å²) in [7, 11) is 1.70. The number of carbonyl (C=O) groups excluding carboxylic acids is 1. The normalized spacial score (nSPS) is 18.4. The maximum Gasteiger partial charge on any atom is 0.387 e. The van der Waals surface area contributed by atoms with Gasteiger partial charge in [-0.15, -0.1) is 0 Å². The second-order valence-electron chi connectivity index (χ2n) is 5.72. The number of carbonyl (C=O) groups is 1. The van der Waals surface area contributed by atoms with Gasteiger partial charge in [0.2, 0.25) is 5.91 Å². The Hall–Kier alpha value is -1.73. The van der Waals surface area contributed by atoms with Crippen LogP contribution in [0.5, 0.6) is 5.75 Å². The molecule has 1 aromatic carbocycles. The van der Waals surface area contributed by atoms with Gasteiger partial charge >= 0.3 is 6.61 Å². The van der Waals surface area contributed by atoms with Crippen LogP contribution in [0.2, 0.25) is 0 Å². The highest BCUT2D eigenvalue weighted by Crippen LogP contribution is 2.18. The van der Waals surface area contributed by atoms with Gasteiger partial charge in [-0.1, -0.05) is 12.1 Å². The predicted octanol–water partition coefficient (Wildman–Crippen LogP) is 1.70. The predicted molar refractivity (Wildman–Crippen MR) is 81.2 cm³/mol. The zero-order valence-corrected chi connectivity index (χ0v) is 13.1. The number of rotatable bonds is 7. The number of hydrogen-bond donors (Lipinski definition) is 1. The van der Waals surface area contributed by atoms with Crippen molar-refractivity contribution in [2.75, 3.05) is 26.7 Å². The molecule has 23 heavy (non-hydrogen) atoms. The topological polar surface area (TPSA) is 53.0 Å². The first-order valence-electron chi connectivity index (χ1n) is 7.62. The number of hydrogen-bond acceptors (Lipinski definition) is 4. The molecule has 1 aliphatic heterocycles. The van der Waals surface area contributed by atoms with Crippen LogP contribution in [0, 0.1) is 0 Å². The van der Waals surface area contributed by atoms with E-state index in [0.29, 0.717) is 6.54 Å². The van der Waals surface area contributed by atoms with E-state index in [-0.39, 0.29) is 30.9 Å². The summed E-state index contributed by atoms with van der Waals surface area (Å²) in [5.74, 6) is 0.0684. The van der Waals surface area contributed by atoms with Crippen LogP contribution in [-0.4, -0.2) is 60.2 Å². The maximum atomic E-state index is 12.3. The Morgan fingerprint density at radius 3 is 2.74 bits per heavy atom. The van der Waals surface area contributed by atoms with Crippen molar-refractivity contribution in [3.8, 4) is 5.75 Å². The Balaban J connectivity index is 1.85. The summed E-state index contributed by atoms with van der Waals surface area (Å²) in [6, 6.07) is 6.31. The Morgan fingerprint density at radius 1 is 1.43 bits per heavy atom. The smallest absolute Gasteiger partial charge is 0.387 e. The van der Waals surface area contributed by atoms with Crippen molar-refractivity contribution >= 4 is 5.91 Å². The molecule has 1 saturated heterocycles. The van der Waals surface area contributed by atoms with Crippen molar-refractivity contribution in [1.29, 1.82) is 0 Å². The molecule has 1 aliphatic rings. The number of likely N-dealkylation sites (N-methyl/N-ethyl adjacent to an activating group) is 1. The molecule has 1 aromatic rings. The van der Waals surface area contributed by atoms with Gasteiger partial charge in [-0.25, -0.2) is 0 Å². The second-order valence-corrected chi connectivity index (χ2v) is 5.72. The lowest BCUT2D eigenvalue weighted by molar-refractivity contribution is -0.132. The van der Waals surface area contributed by atoms with E-state index in [1.165, 1.54) is 12.1 Å². The number of likely N-dealkylation sites (tertiary alicyclic amines) is 1. The molecule has 1 unspecified atom stereocenters. The molecule has 1 heterocycles. The molecule has 0 bridgehead atoms. The quantitative estimate of drug-likeness (QED) is 0.828. The van der Waals surface area contributed by atoms with Crippen LogP contribution in [0.3, 0.4) is 0 Å². The molecular formula is C16H22F2N2O3. The second kappa shape index (κ2) is 8.21. The van der Waals surface area contributed by atoms with Gasteiger partial charge in [0.1, 0.15) is 5.75 Å². The maximum absolute atomic E-state index is 12.3. The molecule has 0 radical (unpaired) electrons. The zero-order chi connectivity index (χ0) is 16.8. The van der Waals surface area contributed by atoms with Gasteiger partial charge in [-0.05, 0) is 37.1 Å². The lowest BCUT2D eigenvalue weighted by atomic mass is 10.2. The molecule has 0 spiro atoms. The summed E-state index contributed by atoms with van der Waals surface area (Å²) in [6.07, 6.45) is 1.91. The molecule has 128 valence electrons. The summed E-state index contributed by atoms with van der Waals surface area (Å²) in [5, 5.41) is 9.28. The molecular weight excluding hydrogens is 306 g/mol. The lowest BCUT2D eigenvalue weighted by Gasteiger charge is -2.25. The molecule has 1 amide bonds. The molecule has 0 aliphatic carbocycles. The number of aliphatic hydroxyl groups is 1. The van der Waals surface area contributed by atoms with Crippen LogP contribution >= 0.6 is 0 Å². The van der Waals surface area contributed by atoms with E-state index in [1.807, 2.05) is 4.90 Å². The highest BCUT2D eigenvalue weighted by Gasteiger charge is 2.26. The highest BCUT2D eigenvalue weighted by molar-refractivity contribution is 5.78. The number of ether oxygens (including phenoxy) is 1. The number of amides is 1. The van der Waals surface area contributed by atoms with Crippen LogP contribution < -0.4 is 4.74 Å². The van der Waals surface area contributed by atoms with E-state index >= 15 is 0 Å². The molecule has 1 N–H and O–H groups in total. The average Bonchev–Trinajstić information content (AvgIpc) is 2.95. The van der Waals surface area contributed by atoms with E-state index in [9.17, 15) is 18.7 Å². The van der Waals surface area contributed by atoms with Crippen molar-refractivity contribution in [3.05, 3.63) is 29.8 Å². The first kappa shape index (κ1) is 17.6. The standard InChI is InChI=1S/C16H22F2N2O3/c1-19(15(22)10-20-8-2-3-13(20)11-21)9-12-4-6-14(7-5-12)23-16(17)18/h4-7,13,16,21H,2-3,8-11H2,1H3. The highest BCUT2D eigenvalue weighted by atomic mass is 19.3.